The molecule has 4 saturated heterocycles. The lowest BCUT2D eigenvalue weighted by molar-refractivity contribution is -0.409. The molecular weight excluding hydrogens is 785 g/mol. The molecule has 0 aromatic rings. The van der Waals surface area contributed by atoms with Crippen LogP contribution in [-0.2, 0) is 38.1 Å². The van der Waals surface area contributed by atoms with Crippen LogP contribution >= 0.6 is 0 Å². The molecule has 5 aliphatic heterocycles. The molecule has 0 unspecified atom stereocenters. The first-order chi connectivity index (χ1) is 28.6. The second kappa shape index (κ2) is 21.3. The summed E-state index contributed by atoms with van der Waals surface area (Å²) in [6.07, 6.45) is 8.78. The Balaban J connectivity index is 0.000000929. The summed E-state index contributed by atoms with van der Waals surface area (Å²) in [6.45, 7) is 21.7. The highest BCUT2D eigenvalue weighted by molar-refractivity contribution is 5.84. The van der Waals surface area contributed by atoms with E-state index in [1.165, 1.54) is 0 Å². The standard InChI is InChI=1S/C42H70O11.C6H12O2/c1-11-29(38(46)47)31-15-14-23(4)36(50-31)27(8)34(44)26(7)35(45)30(12-2)37-24(5)22-25(6)41(51-37)19-16-32(43)42(53-41)21-20-39(10,52-42)33-17-18-40(48,13-3)28(9)49-33;1-2-3-4-5-6(7)8/h16,19,23-34,36-37,43-44,48H,11-15,17-18,20-22H2,1-10H3,(H,46,47);2-5H2,1H3,(H,7,8)/t23-,24-,25+,26-,27-,28-,29+,30-,31+,32+,33+,34+,36+,37-,39-,40+,41-,42-;/m0./s1. The largest absolute Gasteiger partial charge is 0.481 e. The van der Waals surface area contributed by atoms with Crippen LogP contribution in [-0.4, -0.2) is 109 Å². The molecule has 18 atom stereocenters. The van der Waals surface area contributed by atoms with E-state index in [1.54, 1.807) is 19.1 Å². The molecule has 5 aliphatic rings. The molecule has 4 fully saturated rings. The first-order valence-electron chi connectivity index (χ1n) is 23.7. The maximum Gasteiger partial charge on any atom is 0.309 e. The van der Waals surface area contributed by atoms with Crippen LogP contribution in [0.2, 0.25) is 0 Å². The molecular formula is C48H82O13. The highest BCUT2D eigenvalue weighted by atomic mass is 16.8. The van der Waals surface area contributed by atoms with E-state index in [2.05, 4.69) is 27.7 Å². The number of aliphatic hydroxyl groups is 3. The van der Waals surface area contributed by atoms with Crippen molar-refractivity contribution < 1.29 is 63.6 Å². The summed E-state index contributed by atoms with van der Waals surface area (Å²) in [5.41, 5.74) is -1.63. The molecule has 5 N–H and O–H groups in total. The molecule has 0 aromatic carbocycles. The minimum Gasteiger partial charge on any atom is -0.481 e. The summed E-state index contributed by atoms with van der Waals surface area (Å²) in [5, 5.41) is 52.1. The van der Waals surface area contributed by atoms with Crippen molar-refractivity contribution in [2.75, 3.05) is 0 Å². The van der Waals surface area contributed by atoms with Gasteiger partial charge in [-0.1, -0.05) is 75.2 Å². The first-order valence-corrected chi connectivity index (χ1v) is 23.7. The van der Waals surface area contributed by atoms with Gasteiger partial charge in [-0.15, -0.1) is 0 Å². The van der Waals surface area contributed by atoms with Gasteiger partial charge in [-0.2, -0.15) is 0 Å². The van der Waals surface area contributed by atoms with E-state index in [1.807, 2.05) is 41.5 Å². The van der Waals surface area contributed by atoms with Crippen LogP contribution in [0.3, 0.4) is 0 Å². The average molecular weight is 867 g/mol. The quantitative estimate of drug-likeness (QED) is 0.0744. The predicted octanol–water partition coefficient (Wildman–Crippen LogP) is 7.84. The SMILES string of the molecule is CCCCCC(=O)O.CC[C@@H](C(=O)[C@@H](C)[C@@H](O)[C@H](C)[C@@H]1O[C@@H]([C@@H](CC)C(=O)O)CC[C@@H]1C)[C@H]1O[C@]2(C=C[C@@H](O)[C@]3(CC[C@@](C)([C@H]4CC[C@](O)(CC)[C@H](C)O4)O3)O2)[C@H](C)C[C@@H]1C. The Morgan fingerprint density at radius 1 is 0.836 bits per heavy atom. The Hall–Kier alpha value is -1.97. The van der Waals surface area contributed by atoms with Crippen LogP contribution in [0.25, 0.3) is 0 Å². The lowest BCUT2D eigenvalue weighted by Crippen LogP contribution is -2.63. The fourth-order valence-electron chi connectivity index (χ4n) is 11.0. The van der Waals surface area contributed by atoms with E-state index in [4.69, 9.17) is 28.8 Å². The van der Waals surface area contributed by atoms with E-state index < -0.39 is 82.8 Å². The number of carboxylic acid groups (broad SMARTS) is 2. The van der Waals surface area contributed by atoms with Crippen molar-refractivity contribution in [3.63, 3.8) is 0 Å². The van der Waals surface area contributed by atoms with Gasteiger partial charge in [0.1, 0.15) is 11.9 Å². The van der Waals surface area contributed by atoms with Gasteiger partial charge in [-0.25, -0.2) is 0 Å². The number of Topliss-reactive ketones (excluding diaryl/α,β-unsaturated/α-hetero) is 1. The third-order valence-electron chi connectivity index (χ3n) is 15.4. The Kier molecular flexibility index (Phi) is 18.1. The monoisotopic (exact) mass is 867 g/mol. The molecule has 0 saturated carbocycles. The van der Waals surface area contributed by atoms with Crippen molar-refractivity contribution in [1.29, 1.82) is 0 Å². The Morgan fingerprint density at radius 2 is 1.51 bits per heavy atom. The van der Waals surface area contributed by atoms with Crippen LogP contribution < -0.4 is 0 Å². The van der Waals surface area contributed by atoms with Gasteiger partial charge in [0, 0.05) is 36.5 Å². The van der Waals surface area contributed by atoms with Crippen molar-refractivity contribution >= 4 is 17.7 Å². The van der Waals surface area contributed by atoms with E-state index >= 15 is 0 Å². The molecule has 13 heteroatoms. The van der Waals surface area contributed by atoms with Gasteiger partial charge in [0.2, 0.25) is 5.79 Å². The number of hydrogen-bond acceptors (Lipinski definition) is 11. The van der Waals surface area contributed by atoms with Crippen LogP contribution in [0.5, 0.6) is 0 Å². The zero-order valence-corrected chi connectivity index (χ0v) is 39.1. The van der Waals surface area contributed by atoms with Crippen molar-refractivity contribution in [1.82, 2.24) is 0 Å². The minimum atomic E-state index is -1.37. The maximum absolute atomic E-state index is 14.4. The molecule has 0 aromatic heterocycles. The molecule has 5 rings (SSSR count). The fourth-order valence-corrected chi connectivity index (χ4v) is 11.0. The number of carboxylic acids is 2. The van der Waals surface area contributed by atoms with Crippen LogP contribution in [0, 0.1) is 41.4 Å². The summed E-state index contributed by atoms with van der Waals surface area (Å²) >= 11 is 0. The van der Waals surface area contributed by atoms with Gasteiger partial charge < -0.3 is 49.2 Å². The Labute approximate surface area is 365 Å². The highest BCUT2D eigenvalue weighted by Crippen LogP contribution is 2.54. The molecule has 2 spiro atoms. The zero-order chi connectivity index (χ0) is 45.7. The van der Waals surface area contributed by atoms with Crippen molar-refractivity contribution in [3.05, 3.63) is 12.2 Å². The van der Waals surface area contributed by atoms with Crippen molar-refractivity contribution in [2.45, 2.75) is 232 Å². The lowest BCUT2D eigenvalue weighted by atomic mass is 9.72. The highest BCUT2D eigenvalue weighted by Gasteiger charge is 2.63. The van der Waals surface area contributed by atoms with Gasteiger partial charge >= 0.3 is 11.9 Å². The molecule has 13 nitrogen and oxygen atoms in total. The number of unbranched alkanes of at least 4 members (excludes halogenated alkanes) is 2. The van der Waals surface area contributed by atoms with E-state index in [0.29, 0.717) is 64.2 Å². The van der Waals surface area contributed by atoms with Crippen molar-refractivity contribution in [3.8, 4) is 0 Å². The number of carbonyl (C=O) groups excluding carboxylic acids is 1. The summed E-state index contributed by atoms with van der Waals surface area (Å²) < 4.78 is 33.5. The number of aliphatic hydroxyl groups excluding tert-OH is 2. The van der Waals surface area contributed by atoms with Gasteiger partial charge in [0.15, 0.2) is 5.79 Å². The van der Waals surface area contributed by atoms with E-state index in [9.17, 15) is 34.8 Å². The Morgan fingerprint density at radius 3 is 2.08 bits per heavy atom. The smallest absolute Gasteiger partial charge is 0.309 e. The van der Waals surface area contributed by atoms with Gasteiger partial charge in [0.25, 0.3) is 0 Å². The van der Waals surface area contributed by atoms with Crippen molar-refractivity contribution in [2.24, 2.45) is 41.4 Å². The topological polar surface area (TPSA) is 199 Å². The maximum atomic E-state index is 14.4. The van der Waals surface area contributed by atoms with E-state index in [0.717, 1.165) is 25.7 Å². The predicted molar refractivity (Wildman–Crippen MR) is 230 cm³/mol. The van der Waals surface area contributed by atoms with Gasteiger partial charge in [0.05, 0.1) is 53.7 Å². The second-order valence-corrected chi connectivity index (χ2v) is 19.8. The zero-order valence-electron chi connectivity index (χ0n) is 39.1. The molecule has 0 bridgehead atoms. The summed E-state index contributed by atoms with van der Waals surface area (Å²) in [6, 6.07) is 0. The summed E-state index contributed by atoms with van der Waals surface area (Å²) in [5.74, 6) is -6.47. The number of ether oxygens (including phenoxy) is 5. The van der Waals surface area contributed by atoms with Crippen LogP contribution in [0.4, 0.5) is 0 Å². The Bertz CT molecular complexity index is 1490. The number of carbonyl (C=O) groups is 3. The first kappa shape index (κ1) is 51.7. The number of aliphatic carboxylic acids is 2. The van der Waals surface area contributed by atoms with Gasteiger partial charge in [-0.05, 0) is 102 Å². The molecule has 5 heterocycles. The minimum absolute atomic E-state index is 0.0137. The molecule has 0 radical (unpaired) electrons. The van der Waals surface area contributed by atoms with Gasteiger partial charge in [-0.3, -0.25) is 14.4 Å². The molecule has 352 valence electrons. The molecule has 0 amide bonds. The number of rotatable bonds is 16. The van der Waals surface area contributed by atoms with E-state index in [-0.39, 0.29) is 41.8 Å². The fraction of sp³-hybridized carbons (Fsp3) is 0.896. The lowest BCUT2D eigenvalue weighted by Gasteiger charge is -2.54. The molecule has 0 aliphatic carbocycles. The second-order valence-electron chi connectivity index (χ2n) is 19.8. The molecule has 61 heavy (non-hydrogen) atoms. The van der Waals surface area contributed by atoms with Crippen LogP contribution in [0.15, 0.2) is 12.2 Å². The third-order valence-corrected chi connectivity index (χ3v) is 15.4. The summed E-state index contributed by atoms with van der Waals surface area (Å²) in [4.78, 5) is 36.2. The normalized spacial score (nSPS) is 41.3. The number of ketones is 1. The third kappa shape index (κ3) is 11.3. The average Bonchev–Trinajstić information content (AvgIpc) is 3.56. The van der Waals surface area contributed by atoms with Crippen LogP contribution in [0.1, 0.15) is 166 Å². The number of hydrogen-bond donors (Lipinski definition) is 5. The summed E-state index contributed by atoms with van der Waals surface area (Å²) in [7, 11) is 0.